The smallest absolute Gasteiger partial charge is 0.0267 e. The van der Waals surface area contributed by atoms with Crippen molar-refractivity contribution in [2.24, 2.45) is 0 Å². The monoisotopic (exact) mass is 827 g/mol. The van der Waals surface area contributed by atoms with Crippen molar-refractivity contribution in [1.29, 1.82) is 0 Å². The Bertz CT molecular complexity index is 1310. The quantitative estimate of drug-likeness (QED) is 0.123. The third kappa shape index (κ3) is 8.33. The number of nitrogens with zero attached hydrogens (tertiary/aromatic N) is 2. The van der Waals surface area contributed by atoms with Crippen LogP contribution < -0.4 is 4.90 Å². The van der Waals surface area contributed by atoms with Gasteiger partial charge in [-0.2, -0.15) is 0 Å². The molecule has 5 rings (SSSR count). The first kappa shape index (κ1) is 31.9. The number of benzene rings is 3. The number of pyridine rings is 1. The van der Waals surface area contributed by atoms with Crippen LogP contribution in [0.15, 0.2) is 91.3 Å². The average molecular weight is 828 g/mol. The van der Waals surface area contributed by atoms with Crippen LogP contribution in [0.25, 0.3) is 22.3 Å². The van der Waals surface area contributed by atoms with E-state index in [1.807, 2.05) is 61.6 Å². The summed E-state index contributed by atoms with van der Waals surface area (Å²) in [5.74, 6) is -1.88. The molecule has 38 heavy (non-hydrogen) atoms. The van der Waals surface area contributed by atoms with Gasteiger partial charge in [0.1, 0.15) is 0 Å². The van der Waals surface area contributed by atoms with Crippen molar-refractivity contribution < 1.29 is 30.6 Å². The number of anilines is 1. The molecule has 0 fully saturated rings. The van der Waals surface area contributed by atoms with Crippen LogP contribution in [0.1, 0.15) is 33.7 Å². The number of hydrogen-bond donors (Lipinski definition) is 2. The summed E-state index contributed by atoms with van der Waals surface area (Å²) in [6.45, 7) is 2.11. The van der Waals surface area contributed by atoms with Crippen molar-refractivity contribution in [2.75, 3.05) is 11.9 Å². The molecule has 0 amide bonds. The van der Waals surface area contributed by atoms with Gasteiger partial charge in [-0.05, 0) is 65.7 Å². The minimum absolute atomic E-state index is 0. The van der Waals surface area contributed by atoms with E-state index in [1.165, 1.54) is 5.56 Å². The van der Waals surface area contributed by atoms with Crippen molar-refractivity contribution in [2.45, 2.75) is 13.8 Å². The molecular formula is C29H27I2N2O4Pd-. The summed E-state index contributed by atoms with van der Waals surface area (Å²) in [5, 5.41) is 18.2. The number of aromatic carboxylic acids is 2. The number of carboxylic acids is 2. The van der Waals surface area contributed by atoms with Gasteiger partial charge in [-0.3, -0.25) is 4.98 Å². The van der Waals surface area contributed by atoms with Crippen molar-refractivity contribution >= 4 is 56.7 Å². The van der Waals surface area contributed by atoms with Gasteiger partial charge in [0, 0.05) is 23.6 Å². The van der Waals surface area contributed by atoms with E-state index in [2.05, 4.69) is 55.5 Å². The van der Waals surface area contributed by atoms with Gasteiger partial charge in [0.05, 0.1) is 11.1 Å². The Morgan fingerprint density at radius 2 is 1.26 bits per heavy atom. The van der Waals surface area contributed by atoms with E-state index < -0.39 is 11.9 Å². The fraction of sp³-hybridized carbons (Fsp3) is 0.103. The number of likely N-dealkylation sites (N-methyl/N-ethyl adjacent to an activating group) is 1. The van der Waals surface area contributed by atoms with E-state index in [0.29, 0.717) is 0 Å². The zero-order valence-electron chi connectivity index (χ0n) is 19.6. The maximum absolute atomic E-state index is 11.1. The van der Waals surface area contributed by atoms with Crippen LogP contribution in [0, 0.1) is 6.54 Å². The molecule has 0 radical (unpaired) electrons. The predicted molar refractivity (Wildman–Crippen MR) is 167 cm³/mol. The molecule has 0 saturated carbocycles. The molecular weight excluding hydrogens is 801 g/mol. The third-order valence-electron chi connectivity index (χ3n) is 5.66. The maximum Gasteiger partial charge on any atom is 0.0267 e. The van der Waals surface area contributed by atoms with E-state index in [1.54, 1.807) is 36.7 Å². The molecule has 4 aromatic rings. The summed E-state index contributed by atoms with van der Waals surface area (Å²) >= 11 is 4.65. The molecule has 202 valence electrons. The standard InChI is InChI=1S/C23H18NO4.C5H5N.CH4.2HI.Pd/c1-24-13-12-20-18(14-2-6-16(7-3-14)22(25)26)10-11-19(21(20)24)15-4-8-17(9-5-15)23(27)28;1-2-4-6-5-3-1;;;;/h2-11,13H,12H2,1H3,(H,25,26)(H,27,28);1-5H;1H4;2*1H;/q-1;;;;;+2/p-2. The molecule has 6 nitrogen and oxygen atoms in total. The number of aromatic nitrogens is 1. The van der Waals surface area contributed by atoms with Crippen LogP contribution in [0.3, 0.4) is 0 Å². The molecule has 0 unspecified atom stereocenters. The Balaban J connectivity index is 0.000000435. The zero-order valence-corrected chi connectivity index (χ0v) is 25.5. The third-order valence-corrected chi connectivity index (χ3v) is 5.66. The molecule has 1 aromatic heterocycles. The van der Waals surface area contributed by atoms with Crippen molar-refractivity contribution in [3.63, 3.8) is 0 Å². The largest absolute Gasteiger partial charge is 0.265 e. The molecule has 2 N–H and O–H groups in total. The summed E-state index contributed by atoms with van der Waals surface area (Å²) in [7, 11) is 2.89. The van der Waals surface area contributed by atoms with Gasteiger partial charge in [0.2, 0.25) is 0 Å². The van der Waals surface area contributed by atoms with E-state index in [4.69, 9.17) is 10.2 Å². The first-order chi connectivity index (χ1) is 17.9. The number of rotatable bonds is 4. The van der Waals surface area contributed by atoms with Crippen LogP contribution >= 0.6 is 39.0 Å². The maximum atomic E-state index is 11.1. The van der Waals surface area contributed by atoms with Gasteiger partial charge in [-0.25, -0.2) is 16.1 Å². The van der Waals surface area contributed by atoms with Gasteiger partial charge in [-0.1, -0.05) is 49.9 Å². The van der Waals surface area contributed by atoms with Crippen LogP contribution in [0.4, 0.5) is 5.69 Å². The van der Waals surface area contributed by atoms with Crippen LogP contribution in [0.2, 0.25) is 0 Å². The topological polar surface area (TPSA) is 90.7 Å². The average Bonchev–Trinajstić information content (AvgIpc) is 3.32. The van der Waals surface area contributed by atoms with Gasteiger partial charge < -0.3 is 15.1 Å². The fourth-order valence-electron chi connectivity index (χ4n) is 3.97. The molecule has 0 bridgehead atoms. The number of carbonyl (C=O) groups is 2. The minimum Gasteiger partial charge on any atom is -0.265 e. The number of carboxylic acid groups (broad SMARTS) is 2. The predicted octanol–water partition coefficient (Wildman–Crippen LogP) is 8.06. The Labute approximate surface area is 252 Å². The van der Waals surface area contributed by atoms with Crippen molar-refractivity contribution in [1.82, 2.24) is 4.98 Å². The Morgan fingerprint density at radius 3 is 1.66 bits per heavy atom. The van der Waals surface area contributed by atoms with E-state index in [-0.39, 0.29) is 18.6 Å². The van der Waals surface area contributed by atoms with Crippen LogP contribution in [0.5, 0.6) is 0 Å². The molecule has 0 saturated heterocycles. The summed E-state index contributed by atoms with van der Waals surface area (Å²) in [6.07, 6.45) is 4.28. The first-order valence-electron chi connectivity index (χ1n) is 10.9. The second-order valence-corrected chi connectivity index (χ2v) is 19.8. The molecule has 3 aromatic carbocycles. The molecule has 9 heteroatoms. The second kappa shape index (κ2) is 15.9. The molecule has 2 heterocycles. The van der Waals surface area contributed by atoms with Gasteiger partial charge in [-0.15, -0.1) is 6.42 Å². The minimum atomic E-state index is -0.942. The number of halogens is 2. The molecule has 0 aliphatic carbocycles. The normalized spacial score (nSPS) is 11.2. The number of hydrogen-bond acceptors (Lipinski definition) is 4. The summed E-state index contributed by atoms with van der Waals surface area (Å²) in [6, 6.07) is 23.6. The fourth-order valence-corrected chi connectivity index (χ4v) is 3.97. The molecule has 0 spiro atoms. The van der Waals surface area contributed by atoms with Gasteiger partial charge >= 0.3 is 61.7 Å². The Morgan fingerprint density at radius 1 is 0.816 bits per heavy atom. The van der Waals surface area contributed by atoms with Crippen molar-refractivity contribution in [3.05, 3.63) is 114 Å². The van der Waals surface area contributed by atoms with E-state index in [9.17, 15) is 9.59 Å². The van der Waals surface area contributed by atoms with E-state index >= 15 is 0 Å². The van der Waals surface area contributed by atoms with Crippen LogP contribution in [-0.2, 0) is 17.2 Å². The van der Waals surface area contributed by atoms with Gasteiger partial charge in [0.25, 0.3) is 0 Å². The Hall–Kier alpha value is -2.33. The first-order valence-corrected chi connectivity index (χ1v) is 20.2. The molecule has 1 aliphatic rings. The summed E-state index contributed by atoms with van der Waals surface area (Å²) in [4.78, 5) is 28.1. The number of fused-ring (bicyclic) bond motifs is 1. The Kier molecular flexibility index (Phi) is 13.4. The van der Waals surface area contributed by atoms with Crippen LogP contribution in [-0.4, -0.2) is 34.2 Å². The summed E-state index contributed by atoms with van der Waals surface area (Å²) < 4.78 is 0. The molecule has 1 aliphatic heterocycles. The van der Waals surface area contributed by atoms with Gasteiger partial charge in [0.15, 0.2) is 0 Å². The molecule has 0 atom stereocenters. The second-order valence-electron chi connectivity index (χ2n) is 7.82. The van der Waals surface area contributed by atoms with Crippen molar-refractivity contribution in [3.8, 4) is 22.3 Å². The zero-order chi connectivity index (χ0) is 26.8. The SMILES string of the molecule is C.CN1[CH-]Cc2c(-c3ccc(C(=O)O)cc3)ccc(-c3ccc(C(=O)O)cc3)c21.[I][Pd][I].c1ccncc1. The van der Waals surface area contributed by atoms with E-state index in [0.717, 1.165) is 45.1 Å². The summed E-state index contributed by atoms with van der Waals surface area (Å²) in [5.41, 5.74) is 6.81.